The van der Waals surface area contributed by atoms with Gasteiger partial charge in [-0.15, -0.1) is 11.3 Å². The Morgan fingerprint density at radius 2 is 2.08 bits per heavy atom. The quantitative estimate of drug-likeness (QED) is 0.765. The lowest BCUT2D eigenvalue weighted by molar-refractivity contribution is 0.0689. The van der Waals surface area contributed by atoms with Crippen LogP contribution in [0.5, 0.6) is 0 Å². The molecule has 1 fully saturated rings. The molecular formula is C21H23N3OS. The lowest BCUT2D eigenvalue weighted by Gasteiger charge is -2.33. The molecule has 0 saturated carbocycles. The van der Waals surface area contributed by atoms with E-state index in [-0.39, 0.29) is 5.91 Å². The van der Waals surface area contributed by atoms with Crippen LogP contribution in [0.4, 0.5) is 0 Å². The van der Waals surface area contributed by atoms with E-state index in [1.165, 1.54) is 11.1 Å². The minimum atomic E-state index is 0.160. The molecular weight excluding hydrogens is 342 g/mol. The maximum atomic E-state index is 13.0. The summed E-state index contributed by atoms with van der Waals surface area (Å²) in [6.07, 6.45) is 3.33. The molecule has 3 aromatic rings. The molecule has 1 aromatic carbocycles. The zero-order valence-corrected chi connectivity index (χ0v) is 15.6. The third kappa shape index (κ3) is 2.85. The molecule has 2 aliphatic rings. The fourth-order valence-corrected chi connectivity index (χ4v) is 5.20. The van der Waals surface area contributed by atoms with E-state index in [2.05, 4.69) is 50.5 Å². The normalized spacial score (nSPS) is 20.6. The summed E-state index contributed by atoms with van der Waals surface area (Å²) in [4.78, 5) is 22.1. The van der Waals surface area contributed by atoms with Crippen LogP contribution in [-0.4, -0.2) is 46.4 Å². The number of hydrogen-bond acceptors (Lipinski definition) is 3. The molecule has 134 valence electrons. The second-order valence-corrected chi connectivity index (χ2v) is 8.35. The average molecular weight is 366 g/mol. The standard InChI is InChI=1S/C21H23N3OS/c25-21(19-12-16-8-11-26-20(16)22-19)24-9-3-6-18(24)14-23-10-7-15-4-1-2-5-17(15)13-23/h1-2,4-5,8,11-12,18,22H,3,6-7,9-10,13-14H2. The highest BCUT2D eigenvalue weighted by Gasteiger charge is 2.32. The Kier molecular flexibility index (Phi) is 4.06. The maximum absolute atomic E-state index is 13.0. The maximum Gasteiger partial charge on any atom is 0.270 e. The second-order valence-electron chi connectivity index (χ2n) is 7.44. The van der Waals surface area contributed by atoms with Crippen molar-refractivity contribution >= 4 is 27.5 Å². The van der Waals surface area contributed by atoms with Gasteiger partial charge in [0.2, 0.25) is 0 Å². The van der Waals surface area contributed by atoms with Crippen LogP contribution in [-0.2, 0) is 13.0 Å². The topological polar surface area (TPSA) is 39.3 Å². The predicted molar refractivity (Wildman–Crippen MR) is 106 cm³/mol. The van der Waals surface area contributed by atoms with Crippen LogP contribution in [0.1, 0.15) is 34.5 Å². The largest absolute Gasteiger partial charge is 0.342 e. The summed E-state index contributed by atoms with van der Waals surface area (Å²) in [5.41, 5.74) is 3.66. The second kappa shape index (κ2) is 6.56. The smallest absolute Gasteiger partial charge is 0.270 e. The number of fused-ring (bicyclic) bond motifs is 2. The molecule has 1 saturated heterocycles. The van der Waals surface area contributed by atoms with E-state index in [1.807, 2.05) is 6.07 Å². The molecule has 1 N–H and O–H groups in total. The molecule has 0 spiro atoms. The molecule has 26 heavy (non-hydrogen) atoms. The van der Waals surface area contributed by atoms with Gasteiger partial charge in [-0.2, -0.15) is 0 Å². The fraction of sp³-hybridized carbons (Fsp3) is 0.381. The first-order valence-electron chi connectivity index (χ1n) is 9.44. The Bertz CT molecular complexity index is 915. The Balaban J connectivity index is 1.30. The lowest BCUT2D eigenvalue weighted by atomic mass is 9.99. The molecule has 5 heteroatoms. The number of nitrogens with zero attached hydrogens (tertiary/aromatic N) is 2. The van der Waals surface area contributed by atoms with E-state index in [9.17, 15) is 4.79 Å². The van der Waals surface area contributed by atoms with Crippen molar-refractivity contribution in [2.24, 2.45) is 0 Å². The fourth-order valence-electron chi connectivity index (χ4n) is 4.42. The number of rotatable bonds is 3. The number of nitrogens with one attached hydrogen (secondary N) is 1. The third-order valence-electron chi connectivity index (χ3n) is 5.79. The number of aromatic amines is 1. The van der Waals surface area contributed by atoms with Gasteiger partial charge in [-0.25, -0.2) is 0 Å². The summed E-state index contributed by atoms with van der Waals surface area (Å²) in [5, 5.41) is 3.20. The van der Waals surface area contributed by atoms with Crippen molar-refractivity contribution in [3.8, 4) is 0 Å². The molecule has 1 amide bonds. The van der Waals surface area contributed by atoms with Crippen LogP contribution < -0.4 is 0 Å². The van der Waals surface area contributed by atoms with Crippen molar-refractivity contribution in [1.29, 1.82) is 0 Å². The van der Waals surface area contributed by atoms with Crippen molar-refractivity contribution in [3.05, 3.63) is 58.6 Å². The van der Waals surface area contributed by atoms with Crippen LogP contribution in [0.2, 0.25) is 0 Å². The van der Waals surface area contributed by atoms with Crippen molar-refractivity contribution in [3.63, 3.8) is 0 Å². The van der Waals surface area contributed by atoms with Gasteiger partial charge in [-0.05, 0) is 47.9 Å². The minimum absolute atomic E-state index is 0.160. The molecule has 5 rings (SSSR count). The van der Waals surface area contributed by atoms with E-state index in [4.69, 9.17) is 0 Å². The summed E-state index contributed by atoms with van der Waals surface area (Å²) >= 11 is 1.66. The van der Waals surface area contributed by atoms with Crippen molar-refractivity contribution < 1.29 is 4.79 Å². The molecule has 2 aliphatic heterocycles. The Hall–Kier alpha value is -2.11. The van der Waals surface area contributed by atoms with E-state index in [0.717, 1.165) is 61.4 Å². The third-order valence-corrected chi connectivity index (χ3v) is 6.64. The number of likely N-dealkylation sites (tertiary alicyclic amines) is 1. The van der Waals surface area contributed by atoms with Gasteiger partial charge in [0.05, 0.1) is 0 Å². The molecule has 2 aromatic heterocycles. The van der Waals surface area contributed by atoms with Gasteiger partial charge in [0.1, 0.15) is 10.5 Å². The molecule has 0 bridgehead atoms. The molecule has 4 heterocycles. The number of carbonyl (C=O) groups excluding carboxylic acids is 1. The SMILES string of the molecule is O=C(c1cc2ccsc2[nH]1)N1CCCC1CN1CCc2ccccc2C1. The van der Waals surface area contributed by atoms with Crippen LogP contribution in [0, 0.1) is 0 Å². The van der Waals surface area contributed by atoms with E-state index < -0.39 is 0 Å². The summed E-state index contributed by atoms with van der Waals surface area (Å²) in [6.45, 7) is 3.95. The summed E-state index contributed by atoms with van der Waals surface area (Å²) in [5.74, 6) is 0.160. The number of benzene rings is 1. The predicted octanol–water partition coefficient (Wildman–Crippen LogP) is 3.89. The zero-order chi connectivity index (χ0) is 17.5. The highest BCUT2D eigenvalue weighted by molar-refractivity contribution is 7.16. The summed E-state index contributed by atoms with van der Waals surface area (Å²) < 4.78 is 0. The van der Waals surface area contributed by atoms with Crippen LogP contribution in [0.3, 0.4) is 0 Å². The molecule has 1 atom stereocenters. The van der Waals surface area contributed by atoms with E-state index >= 15 is 0 Å². The van der Waals surface area contributed by atoms with Gasteiger partial charge in [-0.1, -0.05) is 24.3 Å². The number of aromatic nitrogens is 1. The van der Waals surface area contributed by atoms with Crippen LogP contribution >= 0.6 is 11.3 Å². The number of carbonyl (C=O) groups is 1. The highest BCUT2D eigenvalue weighted by atomic mass is 32.1. The average Bonchev–Trinajstić information content (AvgIpc) is 3.37. The number of amides is 1. The highest BCUT2D eigenvalue weighted by Crippen LogP contribution is 2.26. The van der Waals surface area contributed by atoms with Gasteiger partial charge in [0.15, 0.2) is 0 Å². The van der Waals surface area contributed by atoms with Gasteiger partial charge >= 0.3 is 0 Å². The Morgan fingerprint density at radius 3 is 2.96 bits per heavy atom. The van der Waals surface area contributed by atoms with E-state index in [0.29, 0.717) is 6.04 Å². The molecule has 0 aliphatic carbocycles. The first-order chi connectivity index (χ1) is 12.8. The van der Waals surface area contributed by atoms with Crippen molar-refractivity contribution in [1.82, 2.24) is 14.8 Å². The first-order valence-corrected chi connectivity index (χ1v) is 10.3. The Morgan fingerprint density at radius 1 is 1.19 bits per heavy atom. The summed E-state index contributed by atoms with van der Waals surface area (Å²) in [7, 11) is 0. The number of thiophene rings is 1. The Labute approximate surface area is 157 Å². The molecule has 4 nitrogen and oxygen atoms in total. The van der Waals surface area contributed by atoms with E-state index in [1.54, 1.807) is 11.3 Å². The van der Waals surface area contributed by atoms with Gasteiger partial charge < -0.3 is 9.88 Å². The van der Waals surface area contributed by atoms with Crippen molar-refractivity contribution in [2.45, 2.75) is 31.8 Å². The number of hydrogen-bond donors (Lipinski definition) is 1. The zero-order valence-electron chi connectivity index (χ0n) is 14.8. The number of H-pyrrole nitrogens is 1. The van der Waals surface area contributed by atoms with Crippen LogP contribution in [0.25, 0.3) is 10.2 Å². The van der Waals surface area contributed by atoms with Crippen molar-refractivity contribution in [2.75, 3.05) is 19.6 Å². The molecule has 0 radical (unpaired) electrons. The summed E-state index contributed by atoms with van der Waals surface area (Å²) in [6, 6.07) is 13.1. The minimum Gasteiger partial charge on any atom is -0.342 e. The molecule has 1 unspecified atom stereocenters. The monoisotopic (exact) mass is 365 g/mol. The first kappa shape index (κ1) is 16.1. The van der Waals surface area contributed by atoms with Gasteiger partial charge in [-0.3, -0.25) is 9.69 Å². The van der Waals surface area contributed by atoms with Gasteiger partial charge in [0.25, 0.3) is 5.91 Å². The lowest BCUT2D eigenvalue weighted by Crippen LogP contribution is -2.44. The van der Waals surface area contributed by atoms with Crippen LogP contribution in [0.15, 0.2) is 41.8 Å². The van der Waals surface area contributed by atoms with Gasteiger partial charge in [0, 0.05) is 37.6 Å².